The van der Waals surface area contributed by atoms with E-state index in [-0.39, 0.29) is 12.3 Å². The van der Waals surface area contributed by atoms with Gasteiger partial charge in [-0.1, -0.05) is 0 Å². The summed E-state index contributed by atoms with van der Waals surface area (Å²) >= 11 is 2.29. The van der Waals surface area contributed by atoms with Crippen molar-refractivity contribution in [2.45, 2.75) is 52.4 Å². The molecule has 6 nitrogen and oxygen atoms in total. The van der Waals surface area contributed by atoms with E-state index in [4.69, 9.17) is 14.6 Å². The van der Waals surface area contributed by atoms with Crippen LogP contribution in [0.5, 0.6) is 5.75 Å². The molecule has 0 spiro atoms. The van der Waals surface area contributed by atoms with E-state index in [0.717, 1.165) is 56.6 Å². The molecule has 0 amide bonds. The summed E-state index contributed by atoms with van der Waals surface area (Å²) in [6, 6.07) is 6.16. The number of aryl methyl sites for hydroxylation is 2. The number of benzene rings is 1. The van der Waals surface area contributed by atoms with Gasteiger partial charge in [-0.2, -0.15) is 15.3 Å². The predicted molar refractivity (Wildman–Crippen MR) is 112 cm³/mol. The van der Waals surface area contributed by atoms with Gasteiger partial charge in [0.25, 0.3) is 0 Å². The zero-order chi connectivity index (χ0) is 19.0. The molecule has 27 heavy (non-hydrogen) atoms. The second-order valence-corrected chi connectivity index (χ2v) is 8.04. The molecular weight excluding hydrogens is 455 g/mol. The Morgan fingerprint density at radius 3 is 2.89 bits per heavy atom. The van der Waals surface area contributed by atoms with Gasteiger partial charge in [-0.05, 0) is 86.4 Å². The Balaban J connectivity index is 1.63. The third kappa shape index (κ3) is 3.67. The Morgan fingerprint density at radius 2 is 2.15 bits per heavy atom. The highest BCUT2D eigenvalue weighted by atomic mass is 127. The van der Waals surface area contributed by atoms with E-state index in [1.165, 1.54) is 6.42 Å². The highest BCUT2D eigenvalue weighted by molar-refractivity contribution is 14.1. The average Bonchev–Trinajstić information content (AvgIpc) is 2.99. The summed E-state index contributed by atoms with van der Waals surface area (Å²) < 4.78 is 15.1. The molecule has 2 atom stereocenters. The first-order valence-corrected chi connectivity index (χ1v) is 10.4. The summed E-state index contributed by atoms with van der Waals surface area (Å²) in [4.78, 5) is 0. The summed E-state index contributed by atoms with van der Waals surface area (Å²) in [6.07, 6.45) is 5.03. The monoisotopic (exact) mass is 478 g/mol. The summed E-state index contributed by atoms with van der Waals surface area (Å²) in [7, 11) is 0. The zero-order valence-corrected chi connectivity index (χ0v) is 17.9. The standard InChI is InChI=1S/C20H23IN4O2/c1-12-11-22-23-13(2)19(12)14(3)27-15-7-8-17-16(10-15)20(21)24-25(17)18-6-4-5-9-26-18/h7-8,10-11,14,18H,4-6,9H2,1-3H3. The van der Waals surface area contributed by atoms with Crippen LogP contribution < -0.4 is 4.74 Å². The van der Waals surface area contributed by atoms with Crippen molar-refractivity contribution < 1.29 is 9.47 Å². The Bertz CT molecular complexity index is 946. The van der Waals surface area contributed by atoms with Gasteiger partial charge in [-0.3, -0.25) is 0 Å². The molecule has 0 radical (unpaired) electrons. The second kappa shape index (κ2) is 7.71. The molecule has 0 aliphatic carbocycles. The quantitative estimate of drug-likeness (QED) is 0.500. The van der Waals surface area contributed by atoms with Crippen LogP contribution in [0, 0.1) is 17.5 Å². The van der Waals surface area contributed by atoms with Gasteiger partial charge < -0.3 is 9.47 Å². The maximum atomic E-state index is 6.24. The van der Waals surface area contributed by atoms with Crippen molar-refractivity contribution in [1.82, 2.24) is 20.0 Å². The molecule has 7 heteroatoms. The minimum Gasteiger partial charge on any atom is -0.486 e. The van der Waals surface area contributed by atoms with Crippen molar-refractivity contribution in [2.24, 2.45) is 0 Å². The predicted octanol–water partition coefficient (Wildman–Crippen LogP) is 4.89. The molecule has 1 aliphatic rings. The van der Waals surface area contributed by atoms with Gasteiger partial charge >= 0.3 is 0 Å². The largest absolute Gasteiger partial charge is 0.486 e. The molecule has 2 aromatic heterocycles. The van der Waals surface area contributed by atoms with Crippen LogP contribution in [0.3, 0.4) is 0 Å². The van der Waals surface area contributed by atoms with Gasteiger partial charge in [0.15, 0.2) is 6.23 Å². The lowest BCUT2D eigenvalue weighted by Crippen LogP contribution is -2.19. The Labute approximate surface area is 172 Å². The highest BCUT2D eigenvalue weighted by Crippen LogP contribution is 2.32. The van der Waals surface area contributed by atoms with Crippen molar-refractivity contribution >= 4 is 33.5 Å². The highest BCUT2D eigenvalue weighted by Gasteiger charge is 2.21. The fraction of sp³-hybridized carbons (Fsp3) is 0.450. The molecule has 3 heterocycles. The van der Waals surface area contributed by atoms with Crippen LogP contribution >= 0.6 is 22.6 Å². The first-order chi connectivity index (χ1) is 13.0. The van der Waals surface area contributed by atoms with E-state index in [1.54, 1.807) is 6.20 Å². The third-order valence-electron chi connectivity index (χ3n) is 5.05. The maximum absolute atomic E-state index is 6.24. The van der Waals surface area contributed by atoms with E-state index in [2.05, 4.69) is 44.9 Å². The van der Waals surface area contributed by atoms with Crippen molar-refractivity contribution in [3.63, 3.8) is 0 Å². The minimum atomic E-state index is -0.104. The van der Waals surface area contributed by atoms with Crippen LogP contribution in [0.1, 0.15) is 55.3 Å². The second-order valence-electron chi connectivity index (χ2n) is 7.02. The van der Waals surface area contributed by atoms with E-state index < -0.39 is 0 Å². The van der Waals surface area contributed by atoms with E-state index >= 15 is 0 Å². The summed E-state index contributed by atoms with van der Waals surface area (Å²) in [6.45, 7) is 6.86. The number of ether oxygens (including phenoxy) is 2. The summed E-state index contributed by atoms with van der Waals surface area (Å²) in [5.74, 6) is 0.827. The number of rotatable bonds is 4. The molecule has 0 bridgehead atoms. The fourth-order valence-electron chi connectivity index (χ4n) is 3.78. The summed E-state index contributed by atoms with van der Waals surface area (Å²) in [5.41, 5.74) is 4.17. The Hall–Kier alpha value is -1.74. The van der Waals surface area contributed by atoms with E-state index in [1.807, 2.05) is 31.5 Å². The van der Waals surface area contributed by atoms with Crippen LogP contribution in [0.4, 0.5) is 0 Å². The van der Waals surface area contributed by atoms with Gasteiger partial charge in [0.05, 0.1) is 17.4 Å². The van der Waals surface area contributed by atoms with Crippen LogP contribution in [-0.4, -0.2) is 26.6 Å². The zero-order valence-electron chi connectivity index (χ0n) is 15.8. The lowest BCUT2D eigenvalue weighted by Gasteiger charge is -2.23. The van der Waals surface area contributed by atoms with Crippen molar-refractivity contribution in [1.29, 1.82) is 0 Å². The van der Waals surface area contributed by atoms with Gasteiger partial charge in [0, 0.05) is 17.6 Å². The number of hydrogen-bond acceptors (Lipinski definition) is 5. The molecule has 0 saturated carbocycles. The molecule has 1 aromatic carbocycles. The average molecular weight is 478 g/mol. The number of nitrogens with zero attached hydrogens (tertiary/aromatic N) is 4. The normalized spacial score (nSPS) is 18.6. The van der Waals surface area contributed by atoms with Crippen LogP contribution in [0.15, 0.2) is 24.4 Å². The van der Waals surface area contributed by atoms with Gasteiger partial charge in [0.1, 0.15) is 15.6 Å². The number of fused-ring (bicyclic) bond motifs is 1. The SMILES string of the molecule is Cc1cnnc(C)c1C(C)Oc1ccc2c(c1)c(I)nn2C1CCCCO1. The first kappa shape index (κ1) is 18.6. The topological polar surface area (TPSA) is 62.1 Å². The van der Waals surface area contributed by atoms with Crippen LogP contribution in [0.2, 0.25) is 0 Å². The van der Waals surface area contributed by atoms with E-state index in [0.29, 0.717) is 0 Å². The number of aromatic nitrogens is 4. The molecule has 4 rings (SSSR count). The Kier molecular flexibility index (Phi) is 5.32. The number of hydrogen-bond donors (Lipinski definition) is 0. The van der Waals surface area contributed by atoms with Crippen molar-refractivity contribution in [2.75, 3.05) is 6.61 Å². The van der Waals surface area contributed by atoms with Gasteiger partial charge in [0.2, 0.25) is 0 Å². The minimum absolute atomic E-state index is 0.0312. The molecule has 1 fully saturated rings. The molecule has 142 valence electrons. The molecule has 0 N–H and O–H groups in total. The molecular formula is C20H23IN4O2. The van der Waals surface area contributed by atoms with Gasteiger partial charge in [-0.15, -0.1) is 0 Å². The first-order valence-electron chi connectivity index (χ1n) is 9.29. The fourth-order valence-corrected chi connectivity index (χ4v) is 4.45. The smallest absolute Gasteiger partial charge is 0.150 e. The maximum Gasteiger partial charge on any atom is 0.150 e. The lowest BCUT2D eigenvalue weighted by molar-refractivity contribution is -0.0368. The molecule has 2 unspecified atom stereocenters. The van der Waals surface area contributed by atoms with E-state index in [9.17, 15) is 0 Å². The van der Waals surface area contributed by atoms with Crippen molar-refractivity contribution in [3.8, 4) is 5.75 Å². The third-order valence-corrected chi connectivity index (χ3v) is 5.85. The number of halogens is 1. The Morgan fingerprint density at radius 1 is 1.30 bits per heavy atom. The molecule has 3 aromatic rings. The molecule has 1 saturated heterocycles. The van der Waals surface area contributed by atoms with Gasteiger partial charge in [-0.25, -0.2) is 4.68 Å². The van der Waals surface area contributed by atoms with Crippen molar-refractivity contribution in [3.05, 3.63) is 44.9 Å². The van der Waals surface area contributed by atoms with Crippen LogP contribution in [0.25, 0.3) is 10.9 Å². The lowest BCUT2D eigenvalue weighted by atomic mass is 10.1. The van der Waals surface area contributed by atoms with Crippen LogP contribution in [-0.2, 0) is 4.74 Å². The summed E-state index contributed by atoms with van der Waals surface area (Å²) in [5, 5.41) is 14.0. The molecule has 1 aliphatic heterocycles.